The fourth-order valence-corrected chi connectivity index (χ4v) is 2.30. The van der Waals surface area contributed by atoms with Crippen LogP contribution in [0.1, 0.15) is 15.9 Å². The molecular formula is C20H21N3O5. The minimum absolute atomic E-state index is 0.0712. The number of likely N-dealkylation sites (N-methyl/N-ethyl adjacent to an activating group) is 1. The average Bonchev–Trinajstić information content (AvgIpc) is 2.69. The highest BCUT2D eigenvalue weighted by Crippen LogP contribution is 2.25. The number of benzene rings is 2. The third-order valence-corrected chi connectivity index (χ3v) is 3.89. The molecule has 0 heterocycles. The van der Waals surface area contributed by atoms with E-state index >= 15 is 0 Å². The van der Waals surface area contributed by atoms with E-state index in [1.807, 2.05) is 0 Å². The Bertz CT molecular complexity index is 922. The lowest BCUT2D eigenvalue weighted by molar-refractivity contribution is -0.384. The maximum atomic E-state index is 12.4. The number of carbonyl (C=O) groups is 2. The van der Waals surface area contributed by atoms with Crippen LogP contribution in [0.5, 0.6) is 5.75 Å². The molecule has 1 amide bonds. The number of ketones is 1. The number of allylic oxidation sites excluding steroid dienone is 1. The second-order valence-corrected chi connectivity index (χ2v) is 6.09. The molecule has 28 heavy (non-hydrogen) atoms. The van der Waals surface area contributed by atoms with Crippen molar-refractivity contribution >= 4 is 29.1 Å². The Morgan fingerprint density at radius 2 is 1.96 bits per heavy atom. The van der Waals surface area contributed by atoms with Crippen LogP contribution < -0.4 is 10.1 Å². The van der Waals surface area contributed by atoms with E-state index in [2.05, 4.69) is 5.32 Å². The number of ether oxygens (including phenoxy) is 1. The van der Waals surface area contributed by atoms with E-state index < -0.39 is 4.92 Å². The van der Waals surface area contributed by atoms with E-state index in [-0.39, 0.29) is 24.0 Å². The van der Waals surface area contributed by atoms with Crippen molar-refractivity contribution in [1.29, 1.82) is 0 Å². The van der Waals surface area contributed by atoms with Gasteiger partial charge in [0.1, 0.15) is 11.4 Å². The van der Waals surface area contributed by atoms with E-state index in [0.717, 1.165) is 0 Å². The Kier molecular flexibility index (Phi) is 6.86. The van der Waals surface area contributed by atoms with Crippen LogP contribution in [-0.2, 0) is 4.79 Å². The average molecular weight is 383 g/mol. The van der Waals surface area contributed by atoms with Gasteiger partial charge < -0.3 is 15.0 Å². The zero-order valence-corrected chi connectivity index (χ0v) is 15.8. The minimum Gasteiger partial charge on any atom is -0.484 e. The number of nitro benzene ring substituents is 1. The van der Waals surface area contributed by atoms with Gasteiger partial charge in [0.05, 0.1) is 4.92 Å². The molecule has 2 aromatic carbocycles. The summed E-state index contributed by atoms with van der Waals surface area (Å²) in [4.78, 5) is 36.0. The summed E-state index contributed by atoms with van der Waals surface area (Å²) in [5.41, 5.74) is 1.24. The first kappa shape index (κ1) is 20.6. The monoisotopic (exact) mass is 383 g/mol. The first-order valence-corrected chi connectivity index (χ1v) is 8.43. The Morgan fingerprint density at radius 1 is 1.21 bits per heavy atom. The van der Waals surface area contributed by atoms with E-state index in [1.54, 1.807) is 57.5 Å². The van der Waals surface area contributed by atoms with Gasteiger partial charge in [0, 0.05) is 32.8 Å². The van der Waals surface area contributed by atoms with E-state index in [9.17, 15) is 19.7 Å². The van der Waals surface area contributed by atoms with Crippen molar-refractivity contribution in [2.75, 3.05) is 33.1 Å². The van der Waals surface area contributed by atoms with Gasteiger partial charge >= 0.3 is 0 Å². The number of amides is 1. The molecule has 0 atom stereocenters. The van der Waals surface area contributed by atoms with Crippen LogP contribution in [0.25, 0.3) is 6.08 Å². The topological polar surface area (TPSA) is 102 Å². The van der Waals surface area contributed by atoms with E-state index in [4.69, 9.17) is 4.74 Å². The summed E-state index contributed by atoms with van der Waals surface area (Å²) in [5, 5.41) is 13.9. The summed E-state index contributed by atoms with van der Waals surface area (Å²) >= 11 is 0. The molecule has 0 aliphatic rings. The van der Waals surface area contributed by atoms with E-state index in [1.165, 1.54) is 23.1 Å². The molecule has 0 aliphatic carbocycles. The van der Waals surface area contributed by atoms with Crippen molar-refractivity contribution in [2.24, 2.45) is 0 Å². The Labute approximate surface area is 162 Å². The molecule has 0 aliphatic heterocycles. The van der Waals surface area contributed by atoms with Gasteiger partial charge in [-0.1, -0.05) is 24.3 Å². The number of anilines is 1. The molecule has 0 saturated carbocycles. The van der Waals surface area contributed by atoms with Crippen LogP contribution >= 0.6 is 0 Å². The highest BCUT2D eigenvalue weighted by atomic mass is 16.6. The van der Waals surface area contributed by atoms with Crippen LogP contribution in [0.2, 0.25) is 0 Å². The number of nitrogens with zero attached hydrogens (tertiary/aromatic N) is 2. The summed E-state index contributed by atoms with van der Waals surface area (Å²) in [6.07, 6.45) is 2.85. The van der Waals surface area contributed by atoms with Crippen LogP contribution in [0, 0.1) is 10.1 Å². The Morgan fingerprint density at radius 3 is 2.61 bits per heavy atom. The van der Waals surface area contributed by atoms with E-state index in [0.29, 0.717) is 22.6 Å². The molecule has 0 fully saturated rings. The molecule has 0 bridgehead atoms. The molecule has 146 valence electrons. The lowest BCUT2D eigenvalue weighted by Gasteiger charge is -2.11. The predicted molar refractivity (Wildman–Crippen MR) is 107 cm³/mol. The standard InChI is InChI=1S/C20H21N3O5/c1-21-17-9-7-14(11-18(17)23(26)27)8-10-19(24)15-5-4-6-16(12-15)28-13-20(25)22(2)3/h4-12,21H,13H2,1-3H3. The number of hydrogen-bond donors (Lipinski definition) is 1. The molecule has 8 heteroatoms. The zero-order valence-electron chi connectivity index (χ0n) is 15.8. The van der Waals surface area contributed by atoms with Gasteiger partial charge in [-0.15, -0.1) is 0 Å². The third kappa shape index (κ3) is 5.41. The molecular weight excluding hydrogens is 362 g/mol. The fourth-order valence-electron chi connectivity index (χ4n) is 2.30. The molecule has 2 rings (SSSR count). The smallest absolute Gasteiger partial charge is 0.292 e. The summed E-state index contributed by atoms with van der Waals surface area (Å²) in [7, 11) is 4.86. The number of nitro groups is 1. The van der Waals surface area contributed by atoms with Crippen LogP contribution in [-0.4, -0.2) is 49.3 Å². The summed E-state index contributed by atoms with van der Waals surface area (Å²) < 4.78 is 5.40. The second kappa shape index (κ2) is 9.31. The first-order chi connectivity index (χ1) is 13.3. The highest BCUT2D eigenvalue weighted by Gasteiger charge is 2.13. The van der Waals surface area contributed by atoms with Crippen LogP contribution in [0.3, 0.4) is 0 Å². The normalized spacial score (nSPS) is 10.5. The number of carbonyl (C=O) groups excluding carboxylic acids is 2. The highest BCUT2D eigenvalue weighted by molar-refractivity contribution is 6.07. The lowest BCUT2D eigenvalue weighted by atomic mass is 10.1. The number of nitrogens with one attached hydrogen (secondary N) is 1. The third-order valence-electron chi connectivity index (χ3n) is 3.89. The Balaban J connectivity index is 2.12. The van der Waals surface area contributed by atoms with Gasteiger partial charge in [0.15, 0.2) is 12.4 Å². The quantitative estimate of drug-likeness (QED) is 0.325. The molecule has 8 nitrogen and oxygen atoms in total. The Hall–Kier alpha value is -3.68. The van der Waals surface area contributed by atoms with Crippen molar-refractivity contribution in [3.63, 3.8) is 0 Å². The van der Waals surface area contributed by atoms with Crippen molar-refractivity contribution < 1.29 is 19.2 Å². The molecule has 0 unspecified atom stereocenters. The van der Waals surface area contributed by atoms with Crippen molar-refractivity contribution in [3.05, 3.63) is 69.8 Å². The minimum atomic E-state index is -0.485. The van der Waals surface area contributed by atoms with Crippen LogP contribution in [0.15, 0.2) is 48.5 Å². The SMILES string of the molecule is CNc1ccc(C=CC(=O)c2cccc(OCC(=O)N(C)C)c2)cc1[N+](=O)[O-]. The van der Waals surface area contributed by atoms with Gasteiger partial charge in [-0.3, -0.25) is 19.7 Å². The van der Waals surface area contributed by atoms with Gasteiger partial charge in [-0.25, -0.2) is 0 Å². The first-order valence-electron chi connectivity index (χ1n) is 8.43. The van der Waals surface area contributed by atoms with Gasteiger partial charge in [-0.05, 0) is 29.8 Å². The predicted octanol–water partition coefficient (Wildman–Crippen LogP) is 3.00. The molecule has 0 radical (unpaired) electrons. The lowest BCUT2D eigenvalue weighted by Crippen LogP contribution is -2.27. The van der Waals surface area contributed by atoms with Gasteiger partial charge in [0.25, 0.3) is 11.6 Å². The van der Waals surface area contributed by atoms with Crippen molar-refractivity contribution in [2.45, 2.75) is 0 Å². The number of hydrogen-bond acceptors (Lipinski definition) is 6. The maximum Gasteiger partial charge on any atom is 0.292 e. The molecule has 0 aromatic heterocycles. The van der Waals surface area contributed by atoms with Crippen LogP contribution in [0.4, 0.5) is 11.4 Å². The van der Waals surface area contributed by atoms with Gasteiger partial charge in [0.2, 0.25) is 0 Å². The number of rotatable bonds is 8. The summed E-state index contributed by atoms with van der Waals surface area (Å²) in [5.74, 6) is -0.0728. The van der Waals surface area contributed by atoms with Crippen molar-refractivity contribution in [1.82, 2.24) is 4.90 Å². The molecule has 0 spiro atoms. The summed E-state index contributed by atoms with van der Waals surface area (Å²) in [6, 6.07) is 11.1. The molecule has 0 saturated heterocycles. The largest absolute Gasteiger partial charge is 0.484 e. The second-order valence-electron chi connectivity index (χ2n) is 6.09. The fraction of sp³-hybridized carbons (Fsp3) is 0.200. The summed E-state index contributed by atoms with van der Waals surface area (Å²) in [6.45, 7) is -0.123. The van der Waals surface area contributed by atoms with Crippen molar-refractivity contribution in [3.8, 4) is 5.75 Å². The molecule has 1 N–H and O–H groups in total. The van der Waals surface area contributed by atoms with Gasteiger partial charge in [-0.2, -0.15) is 0 Å². The maximum absolute atomic E-state index is 12.4. The molecule has 2 aromatic rings. The zero-order chi connectivity index (χ0) is 20.7.